The summed E-state index contributed by atoms with van der Waals surface area (Å²) < 4.78 is 5.48. The molecule has 1 heterocycles. The van der Waals surface area contributed by atoms with E-state index in [9.17, 15) is 0 Å². The largest absolute Gasteiger partial charge is 0.419 e. The highest BCUT2D eigenvalue weighted by Gasteiger charge is 2.08. The number of rotatable bonds is 3. The first-order valence-corrected chi connectivity index (χ1v) is 5.31. The maximum Gasteiger partial charge on any atom is 0.247 e. The Morgan fingerprint density at radius 2 is 2.12 bits per heavy atom. The van der Waals surface area contributed by atoms with Gasteiger partial charge in [-0.05, 0) is 37.7 Å². The molecule has 0 aliphatic carbocycles. The second-order valence-electron chi connectivity index (χ2n) is 3.55. The van der Waals surface area contributed by atoms with Crippen molar-refractivity contribution in [3.8, 4) is 11.5 Å². The molecule has 2 rings (SSSR count). The van der Waals surface area contributed by atoms with Crippen LogP contribution < -0.4 is 5.32 Å². The predicted molar refractivity (Wildman–Crippen MR) is 62.2 cm³/mol. The highest BCUT2D eigenvalue weighted by molar-refractivity contribution is 6.30. The molecule has 1 N–H and O–H groups in total. The molecule has 0 atom stereocenters. The van der Waals surface area contributed by atoms with E-state index in [2.05, 4.69) is 15.5 Å². The van der Waals surface area contributed by atoms with Crippen LogP contribution >= 0.6 is 11.6 Å². The number of benzene rings is 1. The van der Waals surface area contributed by atoms with Crippen LogP contribution in [0.25, 0.3) is 11.5 Å². The van der Waals surface area contributed by atoms with Gasteiger partial charge in [-0.3, -0.25) is 0 Å². The summed E-state index contributed by atoms with van der Waals surface area (Å²) in [5.41, 5.74) is 1.91. The van der Waals surface area contributed by atoms with Gasteiger partial charge >= 0.3 is 0 Å². The summed E-state index contributed by atoms with van der Waals surface area (Å²) in [6.07, 6.45) is 0. The van der Waals surface area contributed by atoms with Crippen LogP contribution in [0.15, 0.2) is 22.6 Å². The number of halogens is 1. The van der Waals surface area contributed by atoms with Crippen molar-refractivity contribution in [2.75, 3.05) is 7.05 Å². The lowest BCUT2D eigenvalue weighted by molar-refractivity contribution is 0.490. The van der Waals surface area contributed by atoms with Gasteiger partial charge in [-0.15, -0.1) is 10.2 Å². The minimum Gasteiger partial charge on any atom is -0.419 e. The highest BCUT2D eigenvalue weighted by atomic mass is 35.5. The normalized spacial score (nSPS) is 10.7. The molecule has 5 heteroatoms. The Morgan fingerprint density at radius 1 is 1.31 bits per heavy atom. The quantitative estimate of drug-likeness (QED) is 0.891. The van der Waals surface area contributed by atoms with E-state index < -0.39 is 0 Å². The number of aromatic nitrogens is 2. The van der Waals surface area contributed by atoms with Crippen molar-refractivity contribution in [3.05, 3.63) is 34.7 Å². The molecule has 0 saturated carbocycles. The molecule has 0 aliphatic rings. The molecule has 0 aliphatic heterocycles. The van der Waals surface area contributed by atoms with Crippen molar-refractivity contribution >= 4 is 11.6 Å². The fourth-order valence-electron chi connectivity index (χ4n) is 1.45. The van der Waals surface area contributed by atoms with Crippen LogP contribution in [0, 0.1) is 6.92 Å². The molecule has 0 fully saturated rings. The summed E-state index contributed by atoms with van der Waals surface area (Å²) in [5, 5.41) is 11.5. The van der Waals surface area contributed by atoms with Gasteiger partial charge in [-0.2, -0.15) is 0 Å². The fraction of sp³-hybridized carbons (Fsp3) is 0.273. The Bertz CT molecular complexity index is 475. The van der Waals surface area contributed by atoms with Crippen molar-refractivity contribution in [1.29, 1.82) is 0 Å². The van der Waals surface area contributed by atoms with E-state index in [-0.39, 0.29) is 0 Å². The van der Waals surface area contributed by atoms with Gasteiger partial charge in [0.15, 0.2) is 0 Å². The Hall–Kier alpha value is -1.39. The lowest BCUT2D eigenvalue weighted by Gasteiger charge is -1.98. The van der Waals surface area contributed by atoms with E-state index >= 15 is 0 Å². The molecule has 0 spiro atoms. The van der Waals surface area contributed by atoms with Crippen LogP contribution in [-0.4, -0.2) is 17.2 Å². The average molecular weight is 238 g/mol. The smallest absolute Gasteiger partial charge is 0.247 e. The van der Waals surface area contributed by atoms with Gasteiger partial charge < -0.3 is 9.73 Å². The molecular weight excluding hydrogens is 226 g/mol. The van der Waals surface area contributed by atoms with Crippen LogP contribution in [0.2, 0.25) is 5.02 Å². The third-order valence-electron chi connectivity index (χ3n) is 2.08. The third kappa shape index (κ3) is 2.40. The van der Waals surface area contributed by atoms with Crippen molar-refractivity contribution in [3.63, 3.8) is 0 Å². The molecule has 0 bridgehead atoms. The van der Waals surface area contributed by atoms with Gasteiger partial charge in [0.2, 0.25) is 11.8 Å². The standard InChI is InChI=1S/C11H12ClN3O/c1-7-3-8(5-9(12)4-7)11-15-14-10(16-11)6-13-2/h3-5,13H,6H2,1-2H3. The van der Waals surface area contributed by atoms with E-state index in [4.69, 9.17) is 16.0 Å². The molecule has 2 aromatic rings. The third-order valence-corrected chi connectivity index (χ3v) is 2.30. The van der Waals surface area contributed by atoms with Crippen molar-refractivity contribution < 1.29 is 4.42 Å². The molecule has 16 heavy (non-hydrogen) atoms. The summed E-state index contributed by atoms with van der Waals surface area (Å²) >= 11 is 5.97. The van der Waals surface area contributed by atoms with E-state index in [1.54, 1.807) is 0 Å². The lowest BCUT2D eigenvalue weighted by atomic mass is 10.1. The molecule has 0 amide bonds. The lowest BCUT2D eigenvalue weighted by Crippen LogP contribution is -2.04. The molecular formula is C11H12ClN3O. The Balaban J connectivity index is 2.34. The highest BCUT2D eigenvalue weighted by Crippen LogP contribution is 2.23. The minimum atomic E-state index is 0.496. The monoisotopic (exact) mass is 237 g/mol. The van der Waals surface area contributed by atoms with Crippen LogP contribution in [0.3, 0.4) is 0 Å². The van der Waals surface area contributed by atoms with E-state index in [0.717, 1.165) is 11.1 Å². The summed E-state index contributed by atoms with van der Waals surface area (Å²) in [4.78, 5) is 0. The number of hydrogen-bond donors (Lipinski definition) is 1. The van der Waals surface area contributed by atoms with Gasteiger partial charge in [0.05, 0.1) is 6.54 Å². The second kappa shape index (κ2) is 4.63. The molecule has 1 aromatic carbocycles. The van der Waals surface area contributed by atoms with Crippen LogP contribution in [0.1, 0.15) is 11.5 Å². The number of hydrogen-bond acceptors (Lipinski definition) is 4. The predicted octanol–water partition coefficient (Wildman–Crippen LogP) is 2.42. The van der Waals surface area contributed by atoms with Crippen LogP contribution in [-0.2, 0) is 6.54 Å². The summed E-state index contributed by atoms with van der Waals surface area (Å²) in [5.74, 6) is 1.06. The Labute approximate surface area is 98.6 Å². The van der Waals surface area contributed by atoms with Gasteiger partial charge in [0.1, 0.15) is 0 Å². The molecule has 84 valence electrons. The molecule has 1 aromatic heterocycles. The topological polar surface area (TPSA) is 51.0 Å². The summed E-state index contributed by atoms with van der Waals surface area (Å²) in [6, 6.07) is 5.66. The van der Waals surface area contributed by atoms with Crippen molar-refractivity contribution in [2.45, 2.75) is 13.5 Å². The average Bonchev–Trinajstić information content (AvgIpc) is 2.65. The first kappa shape index (κ1) is 11.1. The van der Waals surface area contributed by atoms with Gasteiger partial charge in [-0.1, -0.05) is 11.6 Å². The van der Waals surface area contributed by atoms with E-state index in [0.29, 0.717) is 23.3 Å². The minimum absolute atomic E-state index is 0.496. The molecule has 0 saturated heterocycles. The number of aryl methyl sites for hydroxylation is 1. The number of nitrogens with one attached hydrogen (secondary N) is 1. The Morgan fingerprint density at radius 3 is 2.81 bits per heavy atom. The zero-order valence-electron chi connectivity index (χ0n) is 9.12. The van der Waals surface area contributed by atoms with Crippen LogP contribution in [0.5, 0.6) is 0 Å². The van der Waals surface area contributed by atoms with Crippen molar-refractivity contribution in [2.24, 2.45) is 0 Å². The Kier molecular flexibility index (Phi) is 3.22. The van der Waals surface area contributed by atoms with Gasteiger partial charge in [-0.25, -0.2) is 0 Å². The van der Waals surface area contributed by atoms with Gasteiger partial charge in [0.25, 0.3) is 0 Å². The number of nitrogens with zero attached hydrogens (tertiary/aromatic N) is 2. The maximum absolute atomic E-state index is 5.97. The van der Waals surface area contributed by atoms with Crippen LogP contribution in [0.4, 0.5) is 0 Å². The molecule has 0 unspecified atom stereocenters. The van der Waals surface area contributed by atoms with E-state index in [1.807, 2.05) is 32.2 Å². The fourth-order valence-corrected chi connectivity index (χ4v) is 1.74. The first-order valence-electron chi connectivity index (χ1n) is 4.93. The summed E-state index contributed by atoms with van der Waals surface area (Å²) in [6.45, 7) is 2.53. The SMILES string of the molecule is CNCc1nnc(-c2cc(C)cc(Cl)c2)o1. The zero-order valence-corrected chi connectivity index (χ0v) is 9.88. The maximum atomic E-state index is 5.97. The van der Waals surface area contributed by atoms with E-state index in [1.165, 1.54) is 0 Å². The van der Waals surface area contributed by atoms with Gasteiger partial charge in [0, 0.05) is 10.6 Å². The first-order chi connectivity index (χ1) is 7.69. The molecule has 0 radical (unpaired) electrons. The second-order valence-corrected chi connectivity index (χ2v) is 3.98. The van der Waals surface area contributed by atoms with Crippen molar-refractivity contribution in [1.82, 2.24) is 15.5 Å². The summed E-state index contributed by atoms with van der Waals surface area (Å²) in [7, 11) is 1.83. The zero-order chi connectivity index (χ0) is 11.5. The molecule has 4 nitrogen and oxygen atoms in total.